The Morgan fingerprint density at radius 2 is 2.11 bits per heavy atom. The second kappa shape index (κ2) is 6.97. The van der Waals surface area contributed by atoms with Gasteiger partial charge in [0, 0.05) is 12.7 Å². The van der Waals surface area contributed by atoms with Crippen LogP contribution in [0.5, 0.6) is 0 Å². The Hall–Kier alpha value is -1.78. The van der Waals surface area contributed by atoms with E-state index in [4.69, 9.17) is 5.11 Å². The maximum Gasteiger partial charge on any atom is 0.326 e. The van der Waals surface area contributed by atoms with E-state index in [-0.39, 0.29) is 11.8 Å². The van der Waals surface area contributed by atoms with Gasteiger partial charge in [0.2, 0.25) is 0 Å². The first-order chi connectivity index (χ1) is 8.95. The highest BCUT2D eigenvalue weighted by Gasteiger charge is 2.22. The van der Waals surface area contributed by atoms with Gasteiger partial charge in [-0.15, -0.1) is 0 Å². The molecule has 1 amide bonds. The average molecular weight is 266 g/mol. The normalized spacial score (nSPS) is 12.4. The van der Waals surface area contributed by atoms with Crippen LogP contribution in [-0.2, 0) is 11.3 Å². The predicted molar refractivity (Wildman–Crippen MR) is 73.1 cm³/mol. The summed E-state index contributed by atoms with van der Waals surface area (Å²) < 4.78 is 1.84. The smallest absolute Gasteiger partial charge is 0.326 e. The van der Waals surface area contributed by atoms with E-state index >= 15 is 0 Å². The molecule has 1 aromatic heterocycles. The van der Waals surface area contributed by atoms with Gasteiger partial charge in [-0.25, -0.2) is 4.79 Å². The number of hydrogen-bond acceptors (Lipinski definition) is 2. The monoisotopic (exact) mass is 266 g/mol. The zero-order valence-corrected chi connectivity index (χ0v) is 11.7. The van der Waals surface area contributed by atoms with Crippen LogP contribution in [0.2, 0.25) is 0 Å². The van der Waals surface area contributed by atoms with Crippen LogP contribution >= 0.6 is 0 Å². The van der Waals surface area contributed by atoms with E-state index in [2.05, 4.69) is 5.32 Å². The molecule has 1 rings (SSSR count). The summed E-state index contributed by atoms with van der Waals surface area (Å²) in [4.78, 5) is 23.2. The molecule has 2 N–H and O–H groups in total. The number of amides is 1. The number of rotatable bonds is 7. The van der Waals surface area contributed by atoms with Gasteiger partial charge in [0.15, 0.2) is 0 Å². The fraction of sp³-hybridized carbons (Fsp3) is 0.571. The molecule has 0 fully saturated rings. The largest absolute Gasteiger partial charge is 0.480 e. The summed E-state index contributed by atoms with van der Waals surface area (Å²) in [5, 5.41) is 11.7. The number of aromatic nitrogens is 1. The third-order valence-electron chi connectivity index (χ3n) is 2.84. The Labute approximate surface area is 113 Å². The van der Waals surface area contributed by atoms with E-state index in [1.807, 2.05) is 31.5 Å². The molecule has 0 unspecified atom stereocenters. The van der Waals surface area contributed by atoms with Gasteiger partial charge in [0.25, 0.3) is 5.91 Å². The van der Waals surface area contributed by atoms with E-state index in [9.17, 15) is 9.59 Å². The van der Waals surface area contributed by atoms with E-state index in [1.165, 1.54) is 0 Å². The van der Waals surface area contributed by atoms with Crippen LogP contribution in [0, 0.1) is 5.92 Å². The Bertz CT molecular complexity index is 438. The number of aryl methyl sites for hydroxylation is 1. The fourth-order valence-electron chi connectivity index (χ4n) is 1.98. The van der Waals surface area contributed by atoms with Crippen molar-refractivity contribution in [2.24, 2.45) is 5.92 Å². The molecule has 0 radical (unpaired) electrons. The van der Waals surface area contributed by atoms with Gasteiger partial charge >= 0.3 is 5.97 Å². The Kier molecular flexibility index (Phi) is 5.60. The highest BCUT2D eigenvalue weighted by atomic mass is 16.4. The summed E-state index contributed by atoms with van der Waals surface area (Å²) in [6.07, 6.45) is 3.18. The lowest BCUT2D eigenvalue weighted by atomic mass is 10.0. The Balaban J connectivity index is 2.76. The molecule has 106 valence electrons. The molecule has 5 nitrogen and oxygen atoms in total. The van der Waals surface area contributed by atoms with Gasteiger partial charge < -0.3 is 15.0 Å². The van der Waals surface area contributed by atoms with Crippen LogP contribution in [0.4, 0.5) is 0 Å². The predicted octanol–water partition coefficient (Wildman–Crippen LogP) is 2.13. The maximum absolute atomic E-state index is 12.1. The van der Waals surface area contributed by atoms with Crippen LogP contribution in [-0.4, -0.2) is 27.6 Å². The van der Waals surface area contributed by atoms with Crippen molar-refractivity contribution in [2.45, 2.75) is 46.2 Å². The van der Waals surface area contributed by atoms with E-state index in [1.54, 1.807) is 12.1 Å². The minimum Gasteiger partial charge on any atom is -0.480 e. The maximum atomic E-state index is 12.1. The summed E-state index contributed by atoms with van der Waals surface area (Å²) in [6.45, 7) is 6.64. The topological polar surface area (TPSA) is 71.3 Å². The lowest BCUT2D eigenvalue weighted by Gasteiger charge is -2.17. The Morgan fingerprint density at radius 3 is 2.63 bits per heavy atom. The van der Waals surface area contributed by atoms with Crippen molar-refractivity contribution < 1.29 is 14.7 Å². The number of carboxylic acid groups (broad SMARTS) is 1. The lowest BCUT2D eigenvalue weighted by molar-refractivity contribution is -0.139. The SMILES string of the molecule is CCCn1cccc1C(=O)N[C@H](CC(C)C)C(=O)O. The summed E-state index contributed by atoms with van der Waals surface area (Å²) in [6, 6.07) is 2.67. The first kappa shape index (κ1) is 15.3. The molecule has 0 saturated heterocycles. The van der Waals surface area contributed by atoms with Crippen LogP contribution in [0.25, 0.3) is 0 Å². The van der Waals surface area contributed by atoms with Crippen molar-refractivity contribution in [2.75, 3.05) is 0 Å². The highest BCUT2D eigenvalue weighted by Crippen LogP contribution is 2.08. The van der Waals surface area contributed by atoms with Crippen LogP contribution in [0.3, 0.4) is 0 Å². The van der Waals surface area contributed by atoms with Crippen molar-refractivity contribution in [1.29, 1.82) is 0 Å². The minimum atomic E-state index is -0.990. The number of carboxylic acids is 1. The zero-order valence-electron chi connectivity index (χ0n) is 11.7. The molecule has 1 atom stereocenters. The number of carbonyl (C=O) groups is 2. The van der Waals surface area contributed by atoms with Gasteiger partial charge in [-0.05, 0) is 30.9 Å². The van der Waals surface area contributed by atoms with Crippen LogP contribution in [0.1, 0.15) is 44.1 Å². The molecule has 19 heavy (non-hydrogen) atoms. The molecule has 0 bridgehead atoms. The lowest BCUT2D eigenvalue weighted by Crippen LogP contribution is -2.42. The number of nitrogens with one attached hydrogen (secondary N) is 1. The standard InChI is InChI=1S/C14H22N2O3/c1-4-7-16-8-5-6-12(16)13(17)15-11(14(18)19)9-10(2)3/h5-6,8,10-11H,4,7,9H2,1-3H3,(H,15,17)(H,18,19)/t11-/m1/s1. The number of carbonyl (C=O) groups excluding carboxylic acids is 1. The fourth-order valence-corrected chi connectivity index (χ4v) is 1.98. The first-order valence-corrected chi connectivity index (χ1v) is 6.64. The van der Waals surface area contributed by atoms with Crippen molar-refractivity contribution in [3.63, 3.8) is 0 Å². The number of hydrogen-bond donors (Lipinski definition) is 2. The third kappa shape index (κ3) is 4.43. The quantitative estimate of drug-likeness (QED) is 0.794. The van der Waals surface area contributed by atoms with Crippen LogP contribution in [0.15, 0.2) is 18.3 Å². The van der Waals surface area contributed by atoms with Crippen molar-refractivity contribution >= 4 is 11.9 Å². The van der Waals surface area contributed by atoms with E-state index in [0.717, 1.165) is 13.0 Å². The van der Waals surface area contributed by atoms with Crippen LogP contribution < -0.4 is 5.32 Å². The summed E-state index contributed by atoms with van der Waals surface area (Å²) in [5.41, 5.74) is 0.511. The number of aliphatic carboxylic acids is 1. The molecule has 0 aliphatic heterocycles. The minimum absolute atomic E-state index is 0.212. The van der Waals surface area contributed by atoms with Gasteiger partial charge in [0.1, 0.15) is 11.7 Å². The molecule has 0 aliphatic rings. The Morgan fingerprint density at radius 1 is 1.42 bits per heavy atom. The summed E-state index contributed by atoms with van der Waals surface area (Å²) in [7, 11) is 0. The molecule has 0 aliphatic carbocycles. The summed E-state index contributed by atoms with van der Waals surface area (Å²) >= 11 is 0. The molecule has 5 heteroatoms. The average Bonchev–Trinajstić information content (AvgIpc) is 2.76. The molecule has 1 aromatic rings. The van der Waals surface area contributed by atoms with Gasteiger partial charge in [-0.3, -0.25) is 4.79 Å². The molecule has 0 aromatic carbocycles. The zero-order chi connectivity index (χ0) is 14.4. The first-order valence-electron chi connectivity index (χ1n) is 6.64. The molecule has 0 spiro atoms. The molecular formula is C14H22N2O3. The molecule has 1 heterocycles. The number of nitrogens with zero attached hydrogens (tertiary/aromatic N) is 1. The highest BCUT2D eigenvalue weighted by molar-refractivity contribution is 5.95. The van der Waals surface area contributed by atoms with Crippen molar-refractivity contribution in [3.8, 4) is 0 Å². The summed E-state index contributed by atoms with van der Waals surface area (Å²) in [5.74, 6) is -1.11. The molecular weight excluding hydrogens is 244 g/mol. The second-order valence-electron chi connectivity index (χ2n) is 5.08. The van der Waals surface area contributed by atoms with Gasteiger partial charge in [0.05, 0.1) is 0 Å². The second-order valence-corrected chi connectivity index (χ2v) is 5.08. The van der Waals surface area contributed by atoms with Gasteiger partial charge in [-0.1, -0.05) is 20.8 Å². The molecule has 0 saturated carbocycles. The van der Waals surface area contributed by atoms with Crippen molar-refractivity contribution in [3.05, 3.63) is 24.0 Å². The third-order valence-corrected chi connectivity index (χ3v) is 2.84. The van der Waals surface area contributed by atoms with E-state index in [0.29, 0.717) is 12.1 Å². The van der Waals surface area contributed by atoms with E-state index < -0.39 is 12.0 Å². The van der Waals surface area contributed by atoms with Gasteiger partial charge in [-0.2, -0.15) is 0 Å². The van der Waals surface area contributed by atoms with Crippen molar-refractivity contribution in [1.82, 2.24) is 9.88 Å².